The van der Waals surface area contributed by atoms with Crippen LogP contribution in [0.1, 0.15) is 37.3 Å². The van der Waals surface area contributed by atoms with Crippen LogP contribution in [0.3, 0.4) is 0 Å². The number of hydrogen-bond donors (Lipinski definition) is 1. The van der Waals surface area contributed by atoms with Gasteiger partial charge in [0.25, 0.3) is 0 Å². The lowest BCUT2D eigenvalue weighted by Crippen LogP contribution is -2.02. The van der Waals surface area contributed by atoms with E-state index < -0.39 is 0 Å². The summed E-state index contributed by atoms with van der Waals surface area (Å²) in [4.78, 5) is 0. The molecule has 1 aromatic rings. The van der Waals surface area contributed by atoms with Crippen LogP contribution in [0.5, 0.6) is 5.75 Å². The minimum Gasteiger partial charge on any atom is -0.494 e. The average molecular weight is 222 g/mol. The fraction of sp³-hybridized carbons (Fsp3) is 0.571. The molecule has 0 aliphatic carbocycles. The third kappa shape index (κ3) is 4.67. The van der Waals surface area contributed by atoms with Gasteiger partial charge in [-0.2, -0.15) is 0 Å². The summed E-state index contributed by atoms with van der Waals surface area (Å²) in [5.41, 5.74) is 2.56. The fourth-order valence-electron chi connectivity index (χ4n) is 1.54. The number of aliphatic hydroxyl groups excluding tert-OH is 1. The molecule has 1 unspecified atom stereocenters. The van der Waals surface area contributed by atoms with E-state index in [4.69, 9.17) is 9.84 Å². The van der Waals surface area contributed by atoms with Gasteiger partial charge >= 0.3 is 0 Å². The molecule has 0 saturated carbocycles. The maximum absolute atomic E-state index is 9.09. The molecule has 90 valence electrons. The molecule has 0 amide bonds. The zero-order valence-electron chi connectivity index (χ0n) is 10.5. The molecule has 2 nitrogen and oxygen atoms in total. The third-order valence-electron chi connectivity index (χ3n) is 2.76. The van der Waals surface area contributed by atoms with E-state index >= 15 is 0 Å². The van der Waals surface area contributed by atoms with Crippen molar-refractivity contribution in [3.8, 4) is 5.75 Å². The molecular weight excluding hydrogens is 200 g/mol. The second kappa shape index (κ2) is 6.54. The minimum absolute atomic E-state index is 0.193. The fourth-order valence-corrected chi connectivity index (χ4v) is 1.54. The van der Waals surface area contributed by atoms with Crippen molar-refractivity contribution in [2.45, 2.75) is 46.1 Å². The zero-order valence-corrected chi connectivity index (χ0v) is 10.5. The first kappa shape index (κ1) is 13.0. The number of unbranched alkanes of at least 4 members (excludes halogenated alkanes) is 1. The highest BCUT2D eigenvalue weighted by Crippen LogP contribution is 2.16. The first-order chi connectivity index (χ1) is 7.59. The smallest absolute Gasteiger partial charge is 0.119 e. The predicted molar refractivity (Wildman–Crippen MR) is 66.9 cm³/mol. The van der Waals surface area contributed by atoms with E-state index in [0.29, 0.717) is 0 Å². The van der Waals surface area contributed by atoms with Gasteiger partial charge in [0.15, 0.2) is 0 Å². The summed E-state index contributed by atoms with van der Waals surface area (Å²) in [6.45, 7) is 6.75. The van der Waals surface area contributed by atoms with Crippen LogP contribution in [-0.4, -0.2) is 17.8 Å². The van der Waals surface area contributed by atoms with Gasteiger partial charge < -0.3 is 9.84 Å². The summed E-state index contributed by atoms with van der Waals surface area (Å²) in [5.74, 6) is 0.945. The summed E-state index contributed by atoms with van der Waals surface area (Å²) >= 11 is 0. The van der Waals surface area contributed by atoms with E-state index in [2.05, 4.69) is 26.0 Å². The SMILES string of the molecule is Cc1ccc(OCCCCC(C)O)cc1C. The lowest BCUT2D eigenvalue weighted by Gasteiger charge is -2.08. The Morgan fingerprint density at radius 3 is 2.56 bits per heavy atom. The molecule has 0 heterocycles. The Morgan fingerprint density at radius 1 is 1.19 bits per heavy atom. The highest BCUT2D eigenvalue weighted by molar-refractivity contribution is 5.33. The maximum atomic E-state index is 9.09. The number of rotatable bonds is 6. The van der Waals surface area contributed by atoms with Crippen LogP contribution in [0, 0.1) is 13.8 Å². The summed E-state index contributed by atoms with van der Waals surface area (Å²) in [7, 11) is 0. The summed E-state index contributed by atoms with van der Waals surface area (Å²) in [6, 6.07) is 6.17. The Labute approximate surface area is 98.3 Å². The van der Waals surface area contributed by atoms with Crippen molar-refractivity contribution in [1.82, 2.24) is 0 Å². The topological polar surface area (TPSA) is 29.5 Å². The van der Waals surface area contributed by atoms with Gasteiger partial charge in [-0.25, -0.2) is 0 Å². The molecule has 0 spiro atoms. The van der Waals surface area contributed by atoms with Crippen LogP contribution in [0.15, 0.2) is 18.2 Å². The Bertz CT molecular complexity index is 319. The van der Waals surface area contributed by atoms with E-state index in [9.17, 15) is 0 Å². The van der Waals surface area contributed by atoms with E-state index in [0.717, 1.165) is 31.6 Å². The van der Waals surface area contributed by atoms with Gasteiger partial charge in [0, 0.05) is 0 Å². The van der Waals surface area contributed by atoms with Gasteiger partial charge in [0.2, 0.25) is 0 Å². The van der Waals surface area contributed by atoms with Gasteiger partial charge in [-0.05, 0) is 63.3 Å². The molecule has 0 aromatic heterocycles. The molecule has 16 heavy (non-hydrogen) atoms. The number of hydrogen-bond acceptors (Lipinski definition) is 2. The molecule has 1 N–H and O–H groups in total. The molecule has 0 saturated heterocycles. The van der Waals surface area contributed by atoms with Crippen molar-refractivity contribution in [2.75, 3.05) is 6.61 Å². The van der Waals surface area contributed by atoms with Crippen LogP contribution in [0.25, 0.3) is 0 Å². The van der Waals surface area contributed by atoms with Crippen molar-refractivity contribution in [3.63, 3.8) is 0 Å². The number of aliphatic hydroxyl groups is 1. The molecule has 1 aromatic carbocycles. The predicted octanol–water partition coefficient (Wildman–Crippen LogP) is 3.23. The van der Waals surface area contributed by atoms with Crippen molar-refractivity contribution in [2.24, 2.45) is 0 Å². The second-order valence-electron chi connectivity index (χ2n) is 4.44. The van der Waals surface area contributed by atoms with Crippen molar-refractivity contribution in [3.05, 3.63) is 29.3 Å². The summed E-state index contributed by atoms with van der Waals surface area (Å²) < 4.78 is 5.64. The van der Waals surface area contributed by atoms with Crippen LogP contribution < -0.4 is 4.74 Å². The quantitative estimate of drug-likeness (QED) is 0.749. The summed E-state index contributed by atoms with van der Waals surface area (Å²) in [6.07, 6.45) is 2.68. The standard InChI is InChI=1S/C14H22O2/c1-11-7-8-14(10-12(11)2)16-9-5-4-6-13(3)15/h7-8,10,13,15H,4-6,9H2,1-3H3. The number of aryl methyl sites for hydroxylation is 2. The molecule has 1 rings (SSSR count). The normalized spacial score (nSPS) is 12.5. The van der Waals surface area contributed by atoms with Crippen LogP contribution in [-0.2, 0) is 0 Å². The molecule has 1 atom stereocenters. The van der Waals surface area contributed by atoms with E-state index in [1.165, 1.54) is 11.1 Å². The highest BCUT2D eigenvalue weighted by Gasteiger charge is 1.98. The van der Waals surface area contributed by atoms with Gasteiger partial charge in [0.1, 0.15) is 5.75 Å². The first-order valence-corrected chi connectivity index (χ1v) is 5.97. The Morgan fingerprint density at radius 2 is 1.94 bits per heavy atom. The van der Waals surface area contributed by atoms with Crippen LogP contribution in [0.2, 0.25) is 0 Å². The first-order valence-electron chi connectivity index (χ1n) is 5.97. The van der Waals surface area contributed by atoms with Gasteiger partial charge in [-0.15, -0.1) is 0 Å². The van der Waals surface area contributed by atoms with Gasteiger partial charge in [-0.1, -0.05) is 6.07 Å². The largest absolute Gasteiger partial charge is 0.494 e. The molecule has 0 bridgehead atoms. The molecular formula is C14H22O2. The van der Waals surface area contributed by atoms with Gasteiger partial charge in [-0.3, -0.25) is 0 Å². The molecule has 0 aliphatic heterocycles. The molecule has 0 radical (unpaired) electrons. The molecule has 2 heteroatoms. The number of benzene rings is 1. The maximum Gasteiger partial charge on any atom is 0.119 e. The Kier molecular flexibility index (Phi) is 5.33. The van der Waals surface area contributed by atoms with Gasteiger partial charge in [0.05, 0.1) is 12.7 Å². The third-order valence-corrected chi connectivity index (χ3v) is 2.76. The lowest BCUT2D eigenvalue weighted by molar-refractivity contribution is 0.177. The van der Waals surface area contributed by atoms with E-state index in [1.807, 2.05) is 13.0 Å². The summed E-state index contributed by atoms with van der Waals surface area (Å²) in [5, 5.41) is 9.09. The van der Waals surface area contributed by atoms with Crippen LogP contribution >= 0.6 is 0 Å². The van der Waals surface area contributed by atoms with Crippen LogP contribution in [0.4, 0.5) is 0 Å². The lowest BCUT2D eigenvalue weighted by atomic mass is 10.1. The molecule has 0 fully saturated rings. The average Bonchev–Trinajstić information content (AvgIpc) is 2.22. The van der Waals surface area contributed by atoms with Crippen molar-refractivity contribution < 1.29 is 9.84 Å². The zero-order chi connectivity index (χ0) is 12.0. The molecule has 0 aliphatic rings. The monoisotopic (exact) mass is 222 g/mol. The Balaban J connectivity index is 2.24. The van der Waals surface area contributed by atoms with Crippen molar-refractivity contribution in [1.29, 1.82) is 0 Å². The highest BCUT2D eigenvalue weighted by atomic mass is 16.5. The Hall–Kier alpha value is -1.02. The minimum atomic E-state index is -0.193. The van der Waals surface area contributed by atoms with E-state index in [-0.39, 0.29) is 6.10 Å². The second-order valence-corrected chi connectivity index (χ2v) is 4.44. The van der Waals surface area contributed by atoms with E-state index in [1.54, 1.807) is 0 Å². The van der Waals surface area contributed by atoms with Crippen molar-refractivity contribution >= 4 is 0 Å². The number of ether oxygens (including phenoxy) is 1.